The number of aromatic nitrogens is 2. The van der Waals surface area contributed by atoms with Gasteiger partial charge in [0.05, 0.1) is 17.8 Å². The molecule has 0 atom stereocenters. The molecule has 0 bridgehead atoms. The van der Waals surface area contributed by atoms with Gasteiger partial charge in [0.2, 0.25) is 6.39 Å². The van der Waals surface area contributed by atoms with Crippen LogP contribution < -0.4 is 16.4 Å². The van der Waals surface area contributed by atoms with Crippen molar-refractivity contribution in [2.45, 2.75) is 6.54 Å². The van der Waals surface area contributed by atoms with Crippen LogP contribution in [0.1, 0.15) is 21.1 Å². The molecule has 2 heterocycles. The van der Waals surface area contributed by atoms with Crippen LogP contribution in [0, 0.1) is 11.3 Å². The van der Waals surface area contributed by atoms with Crippen molar-refractivity contribution in [3.05, 3.63) is 22.7 Å². The Kier molecular flexibility index (Phi) is 3.63. The van der Waals surface area contributed by atoms with Crippen LogP contribution in [0.4, 0.5) is 10.7 Å². The largest absolute Gasteiger partial charge is 0.396 e. The predicted octanol–water partition coefficient (Wildman–Crippen LogP) is 0.557. The Balaban J connectivity index is 2.28. The molecule has 98 valence electrons. The lowest BCUT2D eigenvalue weighted by Crippen LogP contribution is -2.20. The van der Waals surface area contributed by atoms with Crippen LogP contribution in [0.15, 0.2) is 10.9 Å². The lowest BCUT2D eigenvalue weighted by molar-refractivity contribution is 0.0965. The Hall–Kier alpha value is -2.60. The summed E-state index contributed by atoms with van der Waals surface area (Å²) in [6.45, 7) is 0.269. The van der Waals surface area contributed by atoms with E-state index in [1.807, 2.05) is 6.07 Å². The van der Waals surface area contributed by atoms with E-state index in [4.69, 9.17) is 11.0 Å². The lowest BCUT2D eigenvalue weighted by Gasteiger charge is -2.04. The third-order valence-corrected chi connectivity index (χ3v) is 3.38. The molecule has 19 heavy (non-hydrogen) atoms. The zero-order chi connectivity index (χ0) is 13.8. The minimum absolute atomic E-state index is 0.169. The fourth-order valence-electron chi connectivity index (χ4n) is 1.43. The van der Waals surface area contributed by atoms with E-state index in [0.29, 0.717) is 10.8 Å². The van der Waals surface area contributed by atoms with Crippen molar-refractivity contribution in [1.82, 2.24) is 15.5 Å². The van der Waals surface area contributed by atoms with E-state index in [-0.39, 0.29) is 28.6 Å². The molecule has 0 aliphatic heterocycles. The van der Waals surface area contributed by atoms with Crippen molar-refractivity contribution in [3.8, 4) is 6.07 Å². The normalized spacial score (nSPS) is 9.89. The first kappa shape index (κ1) is 12.8. The van der Waals surface area contributed by atoms with E-state index in [9.17, 15) is 4.79 Å². The minimum atomic E-state index is -0.356. The predicted molar refractivity (Wildman–Crippen MR) is 68.5 cm³/mol. The summed E-state index contributed by atoms with van der Waals surface area (Å²) in [5, 5.41) is 18.5. The third-order valence-electron chi connectivity index (χ3n) is 2.31. The highest BCUT2D eigenvalue weighted by atomic mass is 32.1. The van der Waals surface area contributed by atoms with Crippen LogP contribution >= 0.6 is 11.3 Å². The van der Waals surface area contributed by atoms with Gasteiger partial charge in [-0.25, -0.2) is 0 Å². The van der Waals surface area contributed by atoms with Gasteiger partial charge in [0.1, 0.15) is 15.9 Å². The maximum absolute atomic E-state index is 11.8. The van der Waals surface area contributed by atoms with Gasteiger partial charge in [-0.1, -0.05) is 5.16 Å². The van der Waals surface area contributed by atoms with Gasteiger partial charge in [-0.05, 0) is 0 Å². The van der Waals surface area contributed by atoms with Crippen LogP contribution in [0.5, 0.6) is 0 Å². The number of amides is 1. The molecule has 0 radical (unpaired) electrons. The van der Waals surface area contributed by atoms with Crippen molar-refractivity contribution in [3.63, 3.8) is 0 Å². The Labute approximate surface area is 112 Å². The van der Waals surface area contributed by atoms with Crippen LogP contribution in [0.3, 0.4) is 0 Å². The number of nitrogen functional groups attached to an aromatic ring is 1. The van der Waals surface area contributed by atoms with Crippen molar-refractivity contribution in [1.29, 1.82) is 5.26 Å². The van der Waals surface area contributed by atoms with Gasteiger partial charge in [-0.15, -0.1) is 11.3 Å². The highest BCUT2D eigenvalue weighted by molar-refractivity contribution is 7.17. The molecule has 2 aromatic heterocycles. The smallest absolute Gasteiger partial charge is 0.256 e. The van der Waals surface area contributed by atoms with E-state index in [1.54, 1.807) is 0 Å². The van der Waals surface area contributed by atoms with Gasteiger partial charge in [0.15, 0.2) is 5.82 Å². The van der Waals surface area contributed by atoms with Gasteiger partial charge < -0.3 is 20.9 Å². The van der Waals surface area contributed by atoms with Crippen molar-refractivity contribution >= 4 is 27.9 Å². The summed E-state index contributed by atoms with van der Waals surface area (Å²) in [6, 6.07) is 1.95. The maximum Gasteiger partial charge on any atom is 0.256 e. The standard InChI is InChI=1S/C10H10N6O2S/c1-13-9(17)7-8(12)5(2-11)19-10(7)14-3-6-15-4-18-16-6/h4,14H,3,12H2,1H3,(H,13,17). The second-order valence-corrected chi connectivity index (χ2v) is 4.46. The zero-order valence-corrected chi connectivity index (χ0v) is 10.7. The van der Waals surface area contributed by atoms with Gasteiger partial charge in [-0.3, -0.25) is 4.79 Å². The average molecular weight is 278 g/mol. The second-order valence-electron chi connectivity index (χ2n) is 3.44. The average Bonchev–Trinajstić information content (AvgIpc) is 3.03. The first-order valence-electron chi connectivity index (χ1n) is 5.21. The van der Waals surface area contributed by atoms with Gasteiger partial charge in [0.25, 0.3) is 5.91 Å². The number of hydrogen-bond acceptors (Lipinski definition) is 8. The maximum atomic E-state index is 11.8. The highest BCUT2D eigenvalue weighted by Gasteiger charge is 2.21. The molecular weight excluding hydrogens is 268 g/mol. The van der Waals surface area contributed by atoms with Crippen molar-refractivity contribution in [2.24, 2.45) is 0 Å². The van der Waals surface area contributed by atoms with E-state index >= 15 is 0 Å². The minimum Gasteiger partial charge on any atom is -0.396 e. The van der Waals surface area contributed by atoms with Gasteiger partial charge in [-0.2, -0.15) is 10.2 Å². The number of nitriles is 1. The van der Waals surface area contributed by atoms with Crippen LogP contribution in [-0.2, 0) is 6.54 Å². The fraction of sp³-hybridized carbons (Fsp3) is 0.200. The number of nitrogens with two attached hydrogens (primary N) is 1. The SMILES string of the molecule is CNC(=O)c1c(NCc2ncon2)sc(C#N)c1N. The van der Waals surface area contributed by atoms with Gasteiger partial charge in [0, 0.05) is 7.05 Å². The zero-order valence-electron chi connectivity index (χ0n) is 9.93. The Morgan fingerprint density at radius 1 is 1.68 bits per heavy atom. The molecule has 0 aliphatic rings. The molecule has 0 saturated carbocycles. The molecule has 0 saturated heterocycles. The molecule has 4 N–H and O–H groups in total. The quantitative estimate of drug-likeness (QED) is 0.744. The number of nitrogens with zero attached hydrogens (tertiary/aromatic N) is 3. The summed E-state index contributed by atoms with van der Waals surface area (Å²) in [5.41, 5.74) is 6.20. The molecule has 0 unspecified atom stereocenters. The number of rotatable bonds is 4. The fourth-order valence-corrected chi connectivity index (χ4v) is 2.34. The van der Waals surface area contributed by atoms with E-state index in [1.165, 1.54) is 13.4 Å². The number of carbonyl (C=O) groups excluding carboxylic acids is 1. The van der Waals surface area contributed by atoms with E-state index < -0.39 is 0 Å². The van der Waals surface area contributed by atoms with E-state index in [2.05, 4.69) is 25.3 Å². The molecule has 0 spiro atoms. The van der Waals surface area contributed by atoms with Crippen molar-refractivity contribution in [2.75, 3.05) is 18.1 Å². The summed E-state index contributed by atoms with van der Waals surface area (Å²) in [5.74, 6) is 0.0826. The highest BCUT2D eigenvalue weighted by Crippen LogP contribution is 2.35. The number of anilines is 2. The molecule has 0 aliphatic carbocycles. The number of nitrogens with one attached hydrogen (secondary N) is 2. The summed E-state index contributed by atoms with van der Waals surface area (Å²) < 4.78 is 4.60. The summed E-state index contributed by atoms with van der Waals surface area (Å²) >= 11 is 1.11. The van der Waals surface area contributed by atoms with Crippen LogP contribution in [0.2, 0.25) is 0 Å². The Morgan fingerprint density at radius 2 is 2.47 bits per heavy atom. The molecule has 0 fully saturated rings. The monoisotopic (exact) mass is 278 g/mol. The topological polar surface area (TPSA) is 130 Å². The van der Waals surface area contributed by atoms with Crippen LogP contribution in [-0.4, -0.2) is 23.1 Å². The molecule has 9 heteroatoms. The van der Waals surface area contributed by atoms with Crippen LogP contribution in [0.25, 0.3) is 0 Å². The van der Waals surface area contributed by atoms with E-state index in [0.717, 1.165) is 11.3 Å². The summed E-state index contributed by atoms with van der Waals surface area (Å²) in [6.07, 6.45) is 1.21. The number of thiophene rings is 1. The first-order chi connectivity index (χ1) is 9.17. The van der Waals surface area contributed by atoms with Gasteiger partial charge >= 0.3 is 0 Å². The number of carbonyl (C=O) groups is 1. The Bertz CT molecular complexity index is 627. The third kappa shape index (κ3) is 2.48. The number of hydrogen-bond donors (Lipinski definition) is 3. The second kappa shape index (κ2) is 5.36. The molecule has 8 nitrogen and oxygen atoms in total. The molecule has 2 aromatic rings. The lowest BCUT2D eigenvalue weighted by atomic mass is 10.2. The molecule has 2 rings (SSSR count). The Morgan fingerprint density at radius 3 is 3.05 bits per heavy atom. The summed E-state index contributed by atoms with van der Waals surface area (Å²) in [4.78, 5) is 15.9. The molecule has 1 amide bonds. The van der Waals surface area contributed by atoms with Crippen molar-refractivity contribution < 1.29 is 9.32 Å². The molecular formula is C10H10N6O2S. The molecule has 0 aromatic carbocycles. The summed E-state index contributed by atoms with van der Waals surface area (Å²) in [7, 11) is 1.49. The first-order valence-corrected chi connectivity index (χ1v) is 6.02.